The Labute approximate surface area is 266 Å². The number of carbonyl (C=O) groups excluding carboxylic acids is 2. The van der Waals surface area contributed by atoms with Crippen molar-refractivity contribution in [3.63, 3.8) is 0 Å². The van der Waals surface area contributed by atoms with Crippen LogP contribution in [0.2, 0.25) is 0 Å². The first-order chi connectivity index (χ1) is 21.7. The Morgan fingerprint density at radius 2 is 0.911 bits per heavy atom. The zero-order valence-electron chi connectivity index (χ0n) is 26.5. The number of rotatable bonds is 12. The number of carbonyl (C=O) groups is 2. The van der Waals surface area contributed by atoms with E-state index >= 15 is 0 Å². The molecule has 0 atom stereocenters. The summed E-state index contributed by atoms with van der Waals surface area (Å²) >= 11 is 0. The minimum Gasteiger partial charge on any atom is -0.457 e. The van der Waals surface area contributed by atoms with E-state index in [1.807, 2.05) is 12.1 Å². The minimum absolute atomic E-state index is 0.234. The molecule has 0 fully saturated rings. The fourth-order valence-electron chi connectivity index (χ4n) is 5.81. The summed E-state index contributed by atoms with van der Waals surface area (Å²) in [7, 11) is 0. The van der Waals surface area contributed by atoms with Crippen molar-refractivity contribution in [2.24, 2.45) is 0 Å². The minimum atomic E-state index is -0.368. The van der Waals surface area contributed by atoms with Crippen molar-refractivity contribution >= 4 is 33.5 Å². The normalized spacial score (nSPS) is 11.0. The summed E-state index contributed by atoms with van der Waals surface area (Å²) in [5.74, 6) is -0.737. The predicted octanol–water partition coefficient (Wildman–Crippen LogP) is 9.11. The van der Waals surface area contributed by atoms with Gasteiger partial charge in [0.1, 0.15) is 13.2 Å². The molecule has 0 bridgehead atoms. The van der Waals surface area contributed by atoms with E-state index in [9.17, 15) is 9.59 Å². The molecule has 0 amide bonds. The van der Waals surface area contributed by atoms with Crippen LogP contribution in [0.1, 0.15) is 52.8 Å². The molecule has 228 valence electrons. The molecule has 45 heavy (non-hydrogen) atoms. The Kier molecular flexibility index (Phi) is 9.94. The molecular formula is C41H40O4. The van der Waals surface area contributed by atoms with Gasteiger partial charge in [0, 0.05) is 11.1 Å². The molecule has 0 aliphatic carbocycles. The second-order valence-electron chi connectivity index (χ2n) is 11.8. The molecule has 0 heterocycles. The van der Waals surface area contributed by atoms with Crippen molar-refractivity contribution < 1.29 is 19.1 Å². The quantitative estimate of drug-likeness (QED) is 0.106. The van der Waals surface area contributed by atoms with Gasteiger partial charge >= 0.3 is 11.9 Å². The van der Waals surface area contributed by atoms with Crippen LogP contribution in [-0.2, 0) is 58.0 Å². The van der Waals surface area contributed by atoms with Gasteiger partial charge in [-0.3, -0.25) is 0 Å². The molecule has 0 spiro atoms. The number of fused-ring (bicyclic) bond motifs is 2. The van der Waals surface area contributed by atoms with Crippen molar-refractivity contribution in [1.82, 2.24) is 0 Å². The lowest BCUT2D eigenvalue weighted by molar-refractivity contribution is -0.141. The Morgan fingerprint density at radius 3 is 1.36 bits per heavy atom. The standard InChI is InChI=1S/C41H40O4/c1-27(2)40(42)44-25-34-22-20-32(36-10-6-8-12-38(34)36)17-15-30-14-16-31(29(5)24-30)18-19-33-21-23-35(26-45-41(43)28(3)4)39-13-9-7-11-37(33)39/h6-14,16,20-24H,1,3,15,17-19,25-26H2,2,4-5H3. The van der Waals surface area contributed by atoms with Crippen molar-refractivity contribution in [3.05, 3.63) is 154 Å². The largest absolute Gasteiger partial charge is 0.457 e. The van der Waals surface area contributed by atoms with Crippen LogP contribution in [-0.4, -0.2) is 11.9 Å². The van der Waals surface area contributed by atoms with Gasteiger partial charge in [-0.05, 0) is 107 Å². The lowest BCUT2D eigenvalue weighted by Crippen LogP contribution is -2.05. The number of esters is 2. The fraction of sp³-hybridized carbons (Fsp3) is 0.220. The molecule has 0 unspecified atom stereocenters. The Balaban J connectivity index is 1.25. The molecule has 0 saturated heterocycles. The van der Waals surface area contributed by atoms with Crippen LogP contribution in [0.3, 0.4) is 0 Å². The van der Waals surface area contributed by atoms with Crippen LogP contribution in [0.4, 0.5) is 0 Å². The molecule has 4 nitrogen and oxygen atoms in total. The van der Waals surface area contributed by atoms with E-state index in [2.05, 4.69) is 98.9 Å². The Bertz CT molecular complexity index is 1910. The maximum atomic E-state index is 11.9. The predicted molar refractivity (Wildman–Crippen MR) is 183 cm³/mol. The van der Waals surface area contributed by atoms with E-state index in [4.69, 9.17) is 9.47 Å². The molecule has 0 radical (unpaired) electrons. The second-order valence-corrected chi connectivity index (χ2v) is 11.8. The van der Waals surface area contributed by atoms with E-state index in [0.29, 0.717) is 11.1 Å². The van der Waals surface area contributed by atoms with Gasteiger partial charge in [0.2, 0.25) is 0 Å². The van der Waals surface area contributed by atoms with Crippen LogP contribution < -0.4 is 0 Å². The topological polar surface area (TPSA) is 52.6 Å². The van der Waals surface area contributed by atoms with Crippen LogP contribution in [0.25, 0.3) is 21.5 Å². The van der Waals surface area contributed by atoms with Gasteiger partial charge in [-0.2, -0.15) is 0 Å². The highest BCUT2D eigenvalue weighted by Crippen LogP contribution is 2.27. The maximum Gasteiger partial charge on any atom is 0.333 e. The number of hydrogen-bond acceptors (Lipinski definition) is 4. The molecule has 0 aliphatic rings. The van der Waals surface area contributed by atoms with Gasteiger partial charge in [-0.25, -0.2) is 9.59 Å². The van der Waals surface area contributed by atoms with Crippen molar-refractivity contribution in [2.75, 3.05) is 0 Å². The highest BCUT2D eigenvalue weighted by molar-refractivity contribution is 5.91. The van der Waals surface area contributed by atoms with Gasteiger partial charge in [-0.15, -0.1) is 0 Å². The number of hydrogen-bond donors (Lipinski definition) is 0. The fourth-order valence-corrected chi connectivity index (χ4v) is 5.81. The van der Waals surface area contributed by atoms with E-state index in [-0.39, 0.29) is 25.2 Å². The van der Waals surface area contributed by atoms with Crippen LogP contribution >= 0.6 is 0 Å². The lowest BCUT2D eigenvalue weighted by Gasteiger charge is -2.14. The summed E-state index contributed by atoms with van der Waals surface area (Å²) < 4.78 is 10.9. The van der Waals surface area contributed by atoms with Gasteiger partial charge in [0.25, 0.3) is 0 Å². The van der Waals surface area contributed by atoms with E-state index in [1.54, 1.807) is 13.8 Å². The first-order valence-electron chi connectivity index (χ1n) is 15.4. The highest BCUT2D eigenvalue weighted by atomic mass is 16.5. The Morgan fingerprint density at radius 1 is 0.533 bits per heavy atom. The lowest BCUT2D eigenvalue weighted by atomic mass is 9.92. The van der Waals surface area contributed by atoms with Gasteiger partial charge in [0.15, 0.2) is 0 Å². The second kappa shape index (κ2) is 14.2. The third kappa shape index (κ3) is 7.58. The molecule has 0 aromatic heterocycles. The third-order valence-electron chi connectivity index (χ3n) is 8.38. The number of aryl methyl sites for hydroxylation is 5. The summed E-state index contributed by atoms with van der Waals surface area (Å²) in [6.07, 6.45) is 3.73. The van der Waals surface area contributed by atoms with Gasteiger partial charge in [0.05, 0.1) is 0 Å². The van der Waals surface area contributed by atoms with Gasteiger partial charge in [-0.1, -0.05) is 104 Å². The molecule has 5 aromatic carbocycles. The van der Waals surface area contributed by atoms with E-state index < -0.39 is 0 Å². The maximum absolute atomic E-state index is 11.9. The van der Waals surface area contributed by atoms with E-state index in [1.165, 1.54) is 38.6 Å². The number of benzene rings is 5. The summed E-state index contributed by atoms with van der Waals surface area (Å²) in [5.41, 5.74) is 9.34. The average Bonchev–Trinajstić information content (AvgIpc) is 3.05. The summed E-state index contributed by atoms with van der Waals surface area (Å²) in [5, 5.41) is 4.62. The zero-order valence-corrected chi connectivity index (χ0v) is 26.5. The highest BCUT2D eigenvalue weighted by Gasteiger charge is 2.12. The molecule has 5 aromatic rings. The van der Waals surface area contributed by atoms with Crippen molar-refractivity contribution in [2.45, 2.75) is 59.7 Å². The molecule has 0 saturated carbocycles. The van der Waals surface area contributed by atoms with E-state index in [0.717, 1.165) is 47.6 Å². The first kappa shape index (κ1) is 31.5. The zero-order chi connectivity index (χ0) is 31.9. The summed E-state index contributed by atoms with van der Waals surface area (Å²) in [6, 6.07) is 32.0. The third-order valence-corrected chi connectivity index (χ3v) is 8.38. The van der Waals surface area contributed by atoms with Crippen molar-refractivity contribution in [1.29, 1.82) is 0 Å². The van der Waals surface area contributed by atoms with Crippen LogP contribution in [0.5, 0.6) is 0 Å². The smallest absolute Gasteiger partial charge is 0.333 e. The SMILES string of the molecule is C=C(C)C(=O)OCc1ccc(CCc2ccc(CCc3ccc(COC(=O)C(=C)C)c4ccccc34)c(C)c2)c2ccccc12. The molecule has 0 aliphatic heterocycles. The average molecular weight is 597 g/mol. The van der Waals surface area contributed by atoms with Crippen LogP contribution in [0, 0.1) is 6.92 Å². The summed E-state index contributed by atoms with van der Waals surface area (Å²) in [4.78, 5) is 23.9. The monoisotopic (exact) mass is 596 g/mol. The molecule has 4 heteroatoms. The summed E-state index contributed by atoms with van der Waals surface area (Å²) in [6.45, 7) is 13.3. The number of ether oxygens (including phenoxy) is 2. The Hall–Kier alpha value is -4.96. The van der Waals surface area contributed by atoms with Gasteiger partial charge < -0.3 is 9.47 Å². The van der Waals surface area contributed by atoms with Crippen molar-refractivity contribution in [3.8, 4) is 0 Å². The molecule has 5 rings (SSSR count). The molecule has 0 N–H and O–H groups in total. The first-order valence-corrected chi connectivity index (χ1v) is 15.4. The van der Waals surface area contributed by atoms with Crippen LogP contribution in [0.15, 0.2) is 115 Å². The molecular weight excluding hydrogens is 556 g/mol.